The van der Waals surface area contributed by atoms with Gasteiger partial charge in [0, 0.05) is 19.2 Å². The highest BCUT2D eigenvalue weighted by atomic mass is 31.0. The first-order chi connectivity index (χ1) is 6.70. The van der Waals surface area contributed by atoms with Gasteiger partial charge < -0.3 is 11.1 Å². The minimum absolute atomic E-state index is 0.134. The van der Waals surface area contributed by atoms with Gasteiger partial charge >= 0.3 is 0 Å². The molecule has 5 heteroatoms. The molecule has 0 bridgehead atoms. The van der Waals surface area contributed by atoms with Gasteiger partial charge in [-0.3, -0.25) is 9.78 Å². The Morgan fingerprint density at radius 3 is 3.07 bits per heavy atom. The minimum Gasteiger partial charge on any atom is -0.396 e. The molecule has 1 heterocycles. The van der Waals surface area contributed by atoms with Gasteiger partial charge in [0.15, 0.2) is 0 Å². The summed E-state index contributed by atoms with van der Waals surface area (Å²) in [6.07, 6.45) is 4.66. The third-order valence-electron chi connectivity index (χ3n) is 1.77. The molecule has 1 unspecified atom stereocenters. The number of aromatic nitrogens is 1. The molecule has 0 aromatic carbocycles. The number of hydrogen-bond donors (Lipinski definition) is 2. The van der Waals surface area contributed by atoms with E-state index in [1.807, 2.05) is 6.07 Å². The van der Waals surface area contributed by atoms with Crippen molar-refractivity contribution >= 4 is 26.1 Å². The van der Waals surface area contributed by atoms with E-state index in [-0.39, 0.29) is 5.52 Å². The lowest BCUT2D eigenvalue weighted by molar-refractivity contribution is -0.111. The summed E-state index contributed by atoms with van der Waals surface area (Å²) in [6.45, 7) is 0.744. The van der Waals surface area contributed by atoms with Gasteiger partial charge in [0.2, 0.25) is 0 Å². The van der Waals surface area contributed by atoms with Gasteiger partial charge in [-0.15, -0.1) is 0 Å². The van der Waals surface area contributed by atoms with E-state index in [2.05, 4.69) is 19.5 Å². The molecule has 1 aromatic rings. The summed E-state index contributed by atoms with van der Waals surface area (Å²) >= 11 is 0. The summed E-state index contributed by atoms with van der Waals surface area (Å²) in [5.41, 5.74) is 7.30. The maximum absolute atomic E-state index is 10.6. The number of nitrogens with zero attached hydrogens (tertiary/aromatic N) is 1. The Hall–Kier alpha value is -1.15. The van der Waals surface area contributed by atoms with Crippen LogP contribution in [0, 0.1) is 0 Å². The molecule has 0 aliphatic carbocycles. The van der Waals surface area contributed by atoms with E-state index in [9.17, 15) is 4.79 Å². The van der Waals surface area contributed by atoms with Crippen LogP contribution < -0.4 is 11.1 Å². The Kier molecular flexibility index (Phi) is 4.33. The molecular weight excluding hydrogens is 197 g/mol. The van der Waals surface area contributed by atoms with Crippen molar-refractivity contribution in [2.75, 3.05) is 17.6 Å². The Labute approximate surface area is 85.5 Å². The van der Waals surface area contributed by atoms with Crippen molar-refractivity contribution in [2.45, 2.75) is 12.8 Å². The lowest BCUT2D eigenvalue weighted by Crippen LogP contribution is -2.05. The maximum atomic E-state index is 10.6. The van der Waals surface area contributed by atoms with Crippen molar-refractivity contribution in [3.63, 3.8) is 0 Å². The molecule has 0 aliphatic heterocycles. The predicted molar refractivity (Wildman–Crippen MR) is 61.1 cm³/mol. The number of carbonyl (C=O) groups excluding carboxylic acids is 1. The Bertz CT molecular complexity index is 317. The smallest absolute Gasteiger partial charge is 0.148 e. The van der Waals surface area contributed by atoms with E-state index in [1.54, 1.807) is 12.4 Å². The SMILES string of the molecule is Nc1cnccc1NCCCC(=O)P. The van der Waals surface area contributed by atoms with Crippen LogP contribution >= 0.6 is 9.24 Å². The van der Waals surface area contributed by atoms with Gasteiger partial charge in [0.25, 0.3) is 0 Å². The van der Waals surface area contributed by atoms with Crippen LogP contribution in [-0.2, 0) is 4.79 Å². The molecule has 0 saturated carbocycles. The molecule has 1 atom stereocenters. The molecule has 0 spiro atoms. The number of pyridine rings is 1. The first-order valence-electron chi connectivity index (χ1n) is 4.42. The van der Waals surface area contributed by atoms with Crippen molar-refractivity contribution in [1.29, 1.82) is 0 Å². The van der Waals surface area contributed by atoms with Gasteiger partial charge in [-0.2, -0.15) is 0 Å². The third-order valence-corrected chi connectivity index (χ3v) is 2.06. The average molecular weight is 211 g/mol. The summed E-state index contributed by atoms with van der Waals surface area (Å²) in [5.74, 6) is 0. The lowest BCUT2D eigenvalue weighted by atomic mass is 10.3. The number of nitrogens with two attached hydrogens (primary N) is 1. The molecule has 76 valence electrons. The maximum Gasteiger partial charge on any atom is 0.148 e. The van der Waals surface area contributed by atoms with Gasteiger partial charge in [0.1, 0.15) is 5.52 Å². The van der Waals surface area contributed by atoms with Crippen LogP contribution in [0.2, 0.25) is 0 Å². The quantitative estimate of drug-likeness (QED) is 0.568. The summed E-state index contributed by atoms with van der Waals surface area (Å²) in [4.78, 5) is 14.5. The molecule has 4 nitrogen and oxygen atoms in total. The first kappa shape index (κ1) is 10.9. The third kappa shape index (κ3) is 3.71. The van der Waals surface area contributed by atoms with Gasteiger partial charge in [-0.25, -0.2) is 0 Å². The molecule has 3 N–H and O–H groups in total. The molecule has 0 aliphatic rings. The monoisotopic (exact) mass is 211 g/mol. The summed E-state index contributed by atoms with van der Waals surface area (Å²) in [6, 6.07) is 1.82. The van der Waals surface area contributed by atoms with E-state index in [4.69, 9.17) is 5.73 Å². The van der Waals surface area contributed by atoms with Gasteiger partial charge in [0.05, 0.1) is 17.6 Å². The Morgan fingerprint density at radius 1 is 1.64 bits per heavy atom. The highest BCUT2D eigenvalue weighted by Gasteiger charge is 1.97. The molecular formula is C9H14N3OP. The second-order valence-electron chi connectivity index (χ2n) is 2.96. The molecule has 0 saturated heterocycles. The Balaban J connectivity index is 2.31. The highest BCUT2D eigenvalue weighted by Crippen LogP contribution is 2.14. The van der Waals surface area contributed by atoms with Crippen molar-refractivity contribution in [3.8, 4) is 0 Å². The molecule has 0 radical (unpaired) electrons. The fourth-order valence-electron chi connectivity index (χ4n) is 1.05. The number of nitrogen functional groups attached to an aromatic ring is 1. The summed E-state index contributed by atoms with van der Waals surface area (Å²) in [7, 11) is 2.17. The average Bonchev–Trinajstić information content (AvgIpc) is 2.15. The van der Waals surface area contributed by atoms with Crippen LogP contribution in [0.25, 0.3) is 0 Å². The van der Waals surface area contributed by atoms with E-state index in [1.165, 1.54) is 0 Å². The second kappa shape index (κ2) is 5.55. The van der Waals surface area contributed by atoms with E-state index in [0.717, 1.165) is 18.7 Å². The van der Waals surface area contributed by atoms with E-state index < -0.39 is 0 Å². The van der Waals surface area contributed by atoms with Crippen LogP contribution in [-0.4, -0.2) is 17.1 Å². The van der Waals surface area contributed by atoms with Crippen LogP contribution in [0.15, 0.2) is 18.5 Å². The molecule has 1 rings (SSSR count). The lowest BCUT2D eigenvalue weighted by Gasteiger charge is -2.07. The number of nitrogens with one attached hydrogen (secondary N) is 1. The number of rotatable bonds is 5. The van der Waals surface area contributed by atoms with Crippen LogP contribution in [0.1, 0.15) is 12.8 Å². The fraction of sp³-hybridized carbons (Fsp3) is 0.333. The first-order valence-corrected chi connectivity index (χ1v) is 4.99. The molecule has 1 aromatic heterocycles. The van der Waals surface area contributed by atoms with Crippen LogP contribution in [0.4, 0.5) is 11.4 Å². The normalized spacial score (nSPS) is 9.79. The largest absolute Gasteiger partial charge is 0.396 e. The topological polar surface area (TPSA) is 68.0 Å². The van der Waals surface area contributed by atoms with Crippen molar-refractivity contribution in [3.05, 3.63) is 18.5 Å². The Morgan fingerprint density at radius 2 is 2.43 bits per heavy atom. The number of carbonyl (C=O) groups is 1. The second-order valence-corrected chi connectivity index (χ2v) is 3.60. The highest BCUT2D eigenvalue weighted by molar-refractivity contribution is 7.40. The van der Waals surface area contributed by atoms with E-state index in [0.29, 0.717) is 12.1 Å². The molecule has 0 amide bonds. The number of anilines is 2. The van der Waals surface area contributed by atoms with Gasteiger partial charge in [-0.1, -0.05) is 9.24 Å². The zero-order valence-electron chi connectivity index (χ0n) is 7.86. The summed E-state index contributed by atoms with van der Waals surface area (Å²) in [5, 5.41) is 3.14. The predicted octanol–water partition coefficient (Wildman–Crippen LogP) is 1.26. The van der Waals surface area contributed by atoms with Gasteiger partial charge in [-0.05, 0) is 12.5 Å². The van der Waals surface area contributed by atoms with Crippen molar-refractivity contribution in [2.24, 2.45) is 0 Å². The molecule has 0 fully saturated rings. The standard InChI is InChI=1S/C9H14N3OP/c10-7-6-11-5-3-8(7)12-4-1-2-9(13)14/h3,5-6H,1-2,4,10,14H2,(H,11,12). The van der Waals surface area contributed by atoms with E-state index >= 15 is 0 Å². The van der Waals surface area contributed by atoms with Crippen molar-refractivity contribution in [1.82, 2.24) is 4.98 Å². The summed E-state index contributed by atoms with van der Waals surface area (Å²) < 4.78 is 0. The zero-order chi connectivity index (χ0) is 10.4. The van der Waals surface area contributed by atoms with Crippen molar-refractivity contribution < 1.29 is 4.79 Å². The van der Waals surface area contributed by atoms with Crippen LogP contribution in [0.5, 0.6) is 0 Å². The fourth-order valence-corrected chi connectivity index (χ4v) is 1.26. The minimum atomic E-state index is 0.134. The molecule has 14 heavy (non-hydrogen) atoms. The van der Waals surface area contributed by atoms with Crippen LogP contribution in [0.3, 0.4) is 0 Å². The zero-order valence-corrected chi connectivity index (χ0v) is 9.02. The number of hydrogen-bond acceptors (Lipinski definition) is 4.